The molecule has 3 rings (SSSR count). The number of nitrogens with two attached hydrogens (primary N) is 1. The molecule has 1 saturated heterocycles. The van der Waals surface area contributed by atoms with Crippen LogP contribution in [0.5, 0.6) is 11.5 Å². The fraction of sp³-hybridized carbons (Fsp3) is 0.292. The van der Waals surface area contributed by atoms with Crippen LogP contribution in [0.15, 0.2) is 48.5 Å². The first-order chi connectivity index (χ1) is 17.6. The lowest BCUT2D eigenvalue weighted by Gasteiger charge is -2.42. The second kappa shape index (κ2) is 11.9. The summed E-state index contributed by atoms with van der Waals surface area (Å²) < 4.78 is 5.44. The number of carboxylic acids is 2. The minimum atomic E-state index is -1.29. The van der Waals surface area contributed by atoms with E-state index in [0.29, 0.717) is 17.7 Å². The lowest BCUT2D eigenvalue weighted by atomic mass is 9.97. The van der Waals surface area contributed by atoms with Gasteiger partial charge in [-0.2, -0.15) is 0 Å². The van der Waals surface area contributed by atoms with Gasteiger partial charge < -0.3 is 41.3 Å². The van der Waals surface area contributed by atoms with E-state index in [-0.39, 0.29) is 30.9 Å². The molecule has 37 heavy (non-hydrogen) atoms. The van der Waals surface area contributed by atoms with Crippen molar-refractivity contribution in [2.75, 3.05) is 13.2 Å². The maximum absolute atomic E-state index is 12.8. The number of phenols is 1. The molecule has 1 heterocycles. The molecule has 4 atom stereocenters. The minimum absolute atomic E-state index is 0.0522. The molecule has 2 aromatic rings. The Morgan fingerprint density at radius 1 is 1.05 bits per heavy atom. The first-order valence-electron chi connectivity index (χ1n) is 11.2. The second-order valence-electron chi connectivity index (χ2n) is 8.25. The standard InChI is InChI=1S/C24H26N4O9/c25-17(23(33)34)9-10-37-16-7-3-13(4-8-16)19(26-12-29)21(31)27-18-11-28(22(18)32)20(24(35)36)14-1-5-15(30)6-2-14/h1-8,12,17-20,30H,9-11,25H2,(H,26,29)(H,27,31)(H,33,34)(H,35,36). The van der Waals surface area contributed by atoms with Crippen LogP contribution in [0, 0.1) is 0 Å². The van der Waals surface area contributed by atoms with Gasteiger partial charge in [0.05, 0.1) is 13.2 Å². The molecule has 7 N–H and O–H groups in total. The molecule has 3 amide bonds. The van der Waals surface area contributed by atoms with Crippen LogP contribution >= 0.6 is 0 Å². The summed E-state index contributed by atoms with van der Waals surface area (Å²) in [6, 6.07) is 7.04. The lowest BCUT2D eigenvalue weighted by Crippen LogP contribution is -2.66. The Hall–Kier alpha value is -4.65. The van der Waals surface area contributed by atoms with Crippen LogP contribution in [-0.2, 0) is 24.0 Å². The molecular formula is C24H26N4O9. The number of carbonyl (C=O) groups excluding carboxylic acids is 3. The van der Waals surface area contributed by atoms with Crippen molar-refractivity contribution in [3.05, 3.63) is 59.7 Å². The largest absolute Gasteiger partial charge is 0.508 e. The average Bonchev–Trinajstić information content (AvgIpc) is 2.87. The third-order valence-corrected chi connectivity index (χ3v) is 5.76. The van der Waals surface area contributed by atoms with Gasteiger partial charge in [0, 0.05) is 6.42 Å². The van der Waals surface area contributed by atoms with E-state index in [1.807, 2.05) is 0 Å². The van der Waals surface area contributed by atoms with Crippen molar-refractivity contribution in [2.45, 2.75) is 30.6 Å². The summed E-state index contributed by atoms with van der Waals surface area (Å²) in [6.45, 7) is -0.00737. The minimum Gasteiger partial charge on any atom is -0.508 e. The Morgan fingerprint density at radius 2 is 1.68 bits per heavy atom. The number of nitrogens with one attached hydrogen (secondary N) is 2. The Balaban J connectivity index is 1.61. The maximum atomic E-state index is 12.8. The van der Waals surface area contributed by atoms with Gasteiger partial charge in [-0.3, -0.25) is 19.2 Å². The first-order valence-corrected chi connectivity index (χ1v) is 11.2. The highest BCUT2D eigenvalue weighted by Gasteiger charge is 2.45. The van der Waals surface area contributed by atoms with E-state index in [0.717, 1.165) is 4.90 Å². The summed E-state index contributed by atoms with van der Waals surface area (Å²) in [5.41, 5.74) is 6.09. The van der Waals surface area contributed by atoms with Gasteiger partial charge in [-0.1, -0.05) is 24.3 Å². The van der Waals surface area contributed by atoms with Crippen molar-refractivity contribution in [3.63, 3.8) is 0 Å². The van der Waals surface area contributed by atoms with Crippen LogP contribution < -0.4 is 21.1 Å². The van der Waals surface area contributed by atoms with Crippen molar-refractivity contribution in [3.8, 4) is 11.5 Å². The van der Waals surface area contributed by atoms with E-state index in [9.17, 15) is 34.2 Å². The van der Waals surface area contributed by atoms with Crippen molar-refractivity contribution in [1.82, 2.24) is 15.5 Å². The number of benzene rings is 2. The number of carboxylic acid groups (broad SMARTS) is 2. The molecular weight excluding hydrogens is 488 g/mol. The lowest BCUT2D eigenvalue weighted by molar-refractivity contribution is -0.160. The van der Waals surface area contributed by atoms with E-state index >= 15 is 0 Å². The fourth-order valence-corrected chi connectivity index (χ4v) is 3.74. The molecule has 1 aliphatic heterocycles. The molecule has 0 bridgehead atoms. The number of carbonyl (C=O) groups is 5. The van der Waals surface area contributed by atoms with Crippen LogP contribution in [0.4, 0.5) is 0 Å². The van der Waals surface area contributed by atoms with Gasteiger partial charge in [0.2, 0.25) is 18.2 Å². The maximum Gasteiger partial charge on any atom is 0.331 e. The zero-order valence-corrected chi connectivity index (χ0v) is 19.4. The van der Waals surface area contributed by atoms with Crippen LogP contribution in [0.1, 0.15) is 29.6 Å². The number of phenolic OH excluding ortho intramolecular Hbond substituents is 1. The number of β-lactam (4-membered cyclic amide) rings is 1. The van der Waals surface area contributed by atoms with Crippen molar-refractivity contribution >= 4 is 30.2 Å². The number of rotatable bonds is 13. The van der Waals surface area contributed by atoms with Crippen LogP contribution in [0.3, 0.4) is 0 Å². The molecule has 0 spiro atoms. The first kappa shape index (κ1) is 26.9. The predicted molar refractivity (Wildman–Crippen MR) is 126 cm³/mol. The summed E-state index contributed by atoms with van der Waals surface area (Å²) in [6.07, 6.45) is 0.429. The van der Waals surface area contributed by atoms with Gasteiger partial charge in [0.15, 0.2) is 6.04 Å². The summed E-state index contributed by atoms with van der Waals surface area (Å²) in [7, 11) is 0. The van der Waals surface area contributed by atoms with E-state index < -0.39 is 47.9 Å². The van der Waals surface area contributed by atoms with Gasteiger partial charge in [0.1, 0.15) is 29.6 Å². The summed E-state index contributed by atoms with van der Waals surface area (Å²) in [5.74, 6) is -3.35. The third kappa shape index (κ3) is 6.52. The van der Waals surface area contributed by atoms with Crippen LogP contribution in [0.2, 0.25) is 0 Å². The van der Waals surface area contributed by atoms with Crippen LogP contribution in [-0.4, -0.2) is 75.6 Å². The molecule has 13 nitrogen and oxygen atoms in total. The zero-order chi connectivity index (χ0) is 27.1. The third-order valence-electron chi connectivity index (χ3n) is 5.76. The summed E-state index contributed by atoms with van der Waals surface area (Å²) >= 11 is 0. The number of ether oxygens (including phenoxy) is 1. The number of aliphatic carboxylic acids is 2. The normalized spacial score (nSPS) is 17.1. The topological polar surface area (TPSA) is 209 Å². The highest BCUT2D eigenvalue weighted by atomic mass is 16.5. The molecule has 1 fully saturated rings. The van der Waals surface area contributed by atoms with Gasteiger partial charge in [-0.15, -0.1) is 0 Å². The fourth-order valence-electron chi connectivity index (χ4n) is 3.74. The Morgan fingerprint density at radius 3 is 2.22 bits per heavy atom. The number of hydrogen-bond acceptors (Lipinski definition) is 8. The van der Waals surface area contributed by atoms with Crippen molar-refractivity contribution in [1.29, 1.82) is 0 Å². The van der Waals surface area contributed by atoms with Gasteiger partial charge in [-0.25, -0.2) is 4.79 Å². The van der Waals surface area contributed by atoms with E-state index in [2.05, 4.69) is 10.6 Å². The highest BCUT2D eigenvalue weighted by Crippen LogP contribution is 2.29. The molecule has 0 radical (unpaired) electrons. The Kier molecular flexibility index (Phi) is 8.64. The second-order valence-corrected chi connectivity index (χ2v) is 8.25. The predicted octanol–water partition coefficient (Wildman–Crippen LogP) is -0.487. The summed E-state index contributed by atoms with van der Waals surface area (Å²) in [4.78, 5) is 60.3. The SMILES string of the molecule is NC(CCOc1ccc(C(NC=O)C(=O)NC2CN(C(C(=O)O)c3ccc(O)cc3)C2=O)cc1)C(=O)O. The molecule has 2 aromatic carbocycles. The average molecular weight is 514 g/mol. The Labute approximate surface area is 210 Å². The monoisotopic (exact) mass is 514 g/mol. The van der Waals surface area contributed by atoms with Crippen molar-refractivity contribution < 1.29 is 44.0 Å². The molecule has 4 unspecified atom stereocenters. The number of amides is 3. The molecule has 1 aliphatic rings. The summed E-state index contributed by atoms with van der Waals surface area (Å²) in [5, 5.41) is 32.7. The van der Waals surface area contributed by atoms with E-state index in [1.54, 1.807) is 0 Å². The number of hydrogen-bond donors (Lipinski definition) is 6. The van der Waals surface area contributed by atoms with Crippen LogP contribution in [0.25, 0.3) is 0 Å². The van der Waals surface area contributed by atoms with Crippen molar-refractivity contribution in [2.24, 2.45) is 5.73 Å². The zero-order valence-electron chi connectivity index (χ0n) is 19.4. The number of aromatic hydroxyl groups is 1. The van der Waals surface area contributed by atoms with Gasteiger partial charge in [0.25, 0.3) is 0 Å². The molecule has 196 valence electrons. The number of likely N-dealkylation sites (tertiary alicyclic amines) is 1. The molecule has 0 saturated carbocycles. The van der Waals surface area contributed by atoms with E-state index in [1.165, 1.54) is 48.5 Å². The quantitative estimate of drug-likeness (QED) is 0.149. The molecule has 13 heteroatoms. The van der Waals surface area contributed by atoms with E-state index in [4.69, 9.17) is 15.6 Å². The highest BCUT2D eigenvalue weighted by molar-refractivity contribution is 5.97. The smallest absolute Gasteiger partial charge is 0.331 e. The molecule has 0 aliphatic carbocycles. The van der Waals surface area contributed by atoms with Gasteiger partial charge in [-0.05, 0) is 35.4 Å². The number of nitrogens with zero attached hydrogens (tertiary/aromatic N) is 1. The molecule has 0 aromatic heterocycles. The Bertz CT molecular complexity index is 1150. The van der Waals surface area contributed by atoms with Gasteiger partial charge >= 0.3 is 11.9 Å².